The highest BCUT2D eigenvalue weighted by Gasteiger charge is 1.94. The van der Waals surface area contributed by atoms with Gasteiger partial charge in [0.05, 0.1) is 39.6 Å². The van der Waals surface area contributed by atoms with E-state index in [1.165, 1.54) is 0 Å². The van der Waals surface area contributed by atoms with Crippen molar-refractivity contribution in [3.05, 3.63) is 34.7 Å². The molecule has 0 aliphatic carbocycles. The molecule has 0 fully saturated rings. The molecule has 0 amide bonds. The van der Waals surface area contributed by atoms with Gasteiger partial charge in [0.15, 0.2) is 0 Å². The van der Waals surface area contributed by atoms with E-state index in [0.29, 0.717) is 58.5 Å². The third-order valence-corrected chi connectivity index (χ3v) is 2.52. The van der Waals surface area contributed by atoms with E-state index in [0.717, 1.165) is 5.75 Å². The minimum absolute atomic E-state index is 0.341. The molecule has 0 bridgehead atoms. The van der Waals surface area contributed by atoms with Crippen molar-refractivity contribution in [2.24, 2.45) is 5.11 Å². The molecule has 0 unspecified atom stereocenters. The van der Waals surface area contributed by atoms with E-state index in [-0.39, 0.29) is 0 Å². The highest BCUT2D eigenvalue weighted by atomic mass is 16.6. The lowest BCUT2D eigenvalue weighted by Crippen LogP contribution is -2.13. The monoisotopic (exact) mass is 310 g/mol. The fourth-order valence-electron chi connectivity index (χ4n) is 1.47. The first-order valence-corrected chi connectivity index (χ1v) is 7.05. The fourth-order valence-corrected chi connectivity index (χ4v) is 1.47. The van der Waals surface area contributed by atoms with Crippen LogP contribution in [0.2, 0.25) is 0 Å². The maximum atomic E-state index is 8.05. The second kappa shape index (κ2) is 12.7. The molecule has 1 aromatic carbocycles. The van der Waals surface area contributed by atoms with Gasteiger partial charge in [-0.15, -0.1) is 0 Å². The molecule has 0 radical (unpaired) electrons. The van der Waals surface area contributed by atoms with E-state index in [2.05, 4.69) is 10.0 Å². The van der Waals surface area contributed by atoms with Crippen LogP contribution in [0.3, 0.4) is 0 Å². The normalized spacial score (nSPS) is 10.2. The van der Waals surface area contributed by atoms with E-state index in [1.54, 1.807) is 12.1 Å². The fraction of sp³-hybridized carbons (Fsp3) is 0.571. The van der Waals surface area contributed by atoms with Crippen molar-refractivity contribution >= 4 is 5.69 Å². The minimum atomic E-state index is 0.341. The number of azide groups is 1. The Labute approximate surface area is 129 Å². The maximum Gasteiger partial charge on any atom is 0.119 e. The summed E-state index contributed by atoms with van der Waals surface area (Å²) >= 11 is 0. The molecule has 8 heteroatoms. The summed E-state index contributed by atoms with van der Waals surface area (Å²) in [7, 11) is 0. The molecule has 0 aliphatic rings. The largest absolute Gasteiger partial charge is 0.491 e. The van der Waals surface area contributed by atoms with Crippen LogP contribution in [0.15, 0.2) is 29.4 Å². The van der Waals surface area contributed by atoms with Gasteiger partial charge >= 0.3 is 0 Å². The molecule has 22 heavy (non-hydrogen) atoms. The van der Waals surface area contributed by atoms with Gasteiger partial charge in [-0.2, -0.15) is 0 Å². The Morgan fingerprint density at radius 3 is 2.00 bits per heavy atom. The predicted molar refractivity (Wildman–Crippen MR) is 82.8 cm³/mol. The molecule has 122 valence electrons. The second-order valence-electron chi connectivity index (χ2n) is 4.21. The summed E-state index contributed by atoms with van der Waals surface area (Å²) in [4.78, 5) is 2.62. The molecule has 0 atom stereocenters. The summed E-state index contributed by atoms with van der Waals surface area (Å²) in [6.07, 6.45) is 0. The van der Waals surface area contributed by atoms with Crippen LogP contribution in [0, 0.1) is 0 Å². The smallest absolute Gasteiger partial charge is 0.119 e. The first kappa shape index (κ1) is 18.1. The lowest BCUT2D eigenvalue weighted by atomic mass is 10.3. The molecular weight excluding hydrogens is 288 g/mol. The van der Waals surface area contributed by atoms with Crippen molar-refractivity contribution in [2.45, 2.75) is 0 Å². The molecule has 0 spiro atoms. The third-order valence-electron chi connectivity index (χ3n) is 2.52. The maximum absolute atomic E-state index is 8.05. The Balaban J connectivity index is 1.82. The number of ether oxygens (including phenoxy) is 4. The summed E-state index contributed by atoms with van der Waals surface area (Å²) in [6, 6.07) is 7.22. The van der Waals surface area contributed by atoms with Crippen molar-refractivity contribution in [1.82, 2.24) is 0 Å². The SMILES string of the molecule is [N-]=[N+]=NCCOCCOCCOCCOc1ccc(N)cc1. The highest BCUT2D eigenvalue weighted by Crippen LogP contribution is 2.12. The summed E-state index contributed by atoms with van der Waals surface area (Å²) in [5, 5.41) is 3.35. The lowest BCUT2D eigenvalue weighted by Gasteiger charge is -2.08. The molecule has 8 nitrogen and oxygen atoms in total. The van der Waals surface area contributed by atoms with Crippen LogP contribution < -0.4 is 10.5 Å². The van der Waals surface area contributed by atoms with Gasteiger partial charge in [-0.25, -0.2) is 0 Å². The van der Waals surface area contributed by atoms with Gasteiger partial charge in [-0.3, -0.25) is 0 Å². The number of nitrogens with zero attached hydrogens (tertiary/aromatic N) is 3. The molecular formula is C14H22N4O4. The Hall–Kier alpha value is -1.99. The zero-order valence-corrected chi connectivity index (χ0v) is 12.5. The Morgan fingerprint density at radius 2 is 1.41 bits per heavy atom. The number of nitrogen functional groups attached to an aromatic ring is 1. The highest BCUT2D eigenvalue weighted by molar-refractivity contribution is 5.41. The Morgan fingerprint density at radius 1 is 0.864 bits per heavy atom. The zero-order valence-electron chi connectivity index (χ0n) is 12.5. The van der Waals surface area contributed by atoms with Crippen molar-refractivity contribution < 1.29 is 18.9 Å². The number of hydrogen-bond acceptors (Lipinski definition) is 6. The molecule has 0 aromatic heterocycles. The van der Waals surface area contributed by atoms with E-state index in [4.69, 9.17) is 30.2 Å². The Kier molecular flexibility index (Phi) is 10.4. The van der Waals surface area contributed by atoms with Gasteiger partial charge in [0.2, 0.25) is 0 Å². The molecule has 0 saturated carbocycles. The first-order chi connectivity index (χ1) is 10.8. The van der Waals surface area contributed by atoms with Gasteiger partial charge in [-0.1, -0.05) is 5.11 Å². The van der Waals surface area contributed by atoms with E-state index in [1.807, 2.05) is 12.1 Å². The van der Waals surface area contributed by atoms with Crippen molar-refractivity contribution in [3.8, 4) is 5.75 Å². The van der Waals surface area contributed by atoms with Gasteiger partial charge in [0.1, 0.15) is 12.4 Å². The van der Waals surface area contributed by atoms with Gasteiger partial charge in [-0.05, 0) is 29.8 Å². The molecule has 2 N–H and O–H groups in total. The molecule has 1 aromatic rings. The third kappa shape index (κ3) is 9.84. The number of nitrogens with two attached hydrogens (primary N) is 1. The van der Waals surface area contributed by atoms with Crippen LogP contribution in [0.25, 0.3) is 10.4 Å². The average Bonchev–Trinajstić information content (AvgIpc) is 2.53. The van der Waals surface area contributed by atoms with E-state index < -0.39 is 0 Å². The van der Waals surface area contributed by atoms with Crippen LogP contribution in [0.1, 0.15) is 0 Å². The van der Waals surface area contributed by atoms with Crippen LogP contribution in [-0.2, 0) is 14.2 Å². The second-order valence-corrected chi connectivity index (χ2v) is 4.21. The quantitative estimate of drug-likeness (QED) is 0.197. The van der Waals surface area contributed by atoms with Gasteiger partial charge in [0.25, 0.3) is 0 Å². The lowest BCUT2D eigenvalue weighted by molar-refractivity contribution is 0.0106. The number of rotatable bonds is 13. The van der Waals surface area contributed by atoms with Crippen LogP contribution in [-0.4, -0.2) is 52.8 Å². The molecule has 0 heterocycles. The van der Waals surface area contributed by atoms with Crippen LogP contribution in [0.4, 0.5) is 5.69 Å². The minimum Gasteiger partial charge on any atom is -0.491 e. The summed E-state index contributed by atoms with van der Waals surface area (Å²) in [5.41, 5.74) is 14.3. The van der Waals surface area contributed by atoms with Gasteiger partial charge < -0.3 is 24.7 Å². The summed E-state index contributed by atoms with van der Waals surface area (Å²) < 4.78 is 21.3. The predicted octanol–water partition coefficient (Wildman–Crippen LogP) is 2.01. The van der Waals surface area contributed by atoms with E-state index >= 15 is 0 Å². The summed E-state index contributed by atoms with van der Waals surface area (Å²) in [5.74, 6) is 0.770. The summed E-state index contributed by atoms with van der Waals surface area (Å²) in [6.45, 7) is 3.69. The van der Waals surface area contributed by atoms with Crippen molar-refractivity contribution in [1.29, 1.82) is 0 Å². The topological polar surface area (TPSA) is 112 Å². The van der Waals surface area contributed by atoms with Crippen LogP contribution >= 0.6 is 0 Å². The number of benzene rings is 1. The number of anilines is 1. The molecule has 1 rings (SSSR count). The molecule has 0 saturated heterocycles. The van der Waals surface area contributed by atoms with E-state index in [9.17, 15) is 0 Å². The molecule has 0 aliphatic heterocycles. The average molecular weight is 310 g/mol. The van der Waals surface area contributed by atoms with Crippen LogP contribution in [0.5, 0.6) is 5.75 Å². The van der Waals surface area contributed by atoms with Crippen molar-refractivity contribution in [3.63, 3.8) is 0 Å². The first-order valence-electron chi connectivity index (χ1n) is 7.05. The van der Waals surface area contributed by atoms with Crippen molar-refractivity contribution in [2.75, 3.05) is 58.5 Å². The van der Waals surface area contributed by atoms with Gasteiger partial charge in [0, 0.05) is 17.1 Å². The standard InChI is InChI=1S/C14H22N4O4/c15-13-1-3-14(4-2-13)22-12-11-21-10-9-20-8-7-19-6-5-17-18-16/h1-4H,5-12,15H2. The Bertz CT molecular complexity index is 435. The zero-order chi connectivity index (χ0) is 15.9. The number of hydrogen-bond donors (Lipinski definition) is 1.